The number of nitrogens with zero attached hydrogens (tertiary/aromatic N) is 1. The van der Waals surface area contributed by atoms with Crippen LogP contribution in [0.15, 0.2) is 18.3 Å². The molecule has 7 heteroatoms. The first-order valence-electron chi connectivity index (χ1n) is 10.6. The molecule has 0 bridgehead atoms. The molecule has 0 unspecified atom stereocenters. The number of nitrogens with two attached hydrogens (primary N) is 1. The third kappa shape index (κ3) is 7.24. The minimum atomic E-state index is -2.12. The summed E-state index contributed by atoms with van der Waals surface area (Å²) in [6.45, 7) is 7.18. The van der Waals surface area contributed by atoms with Gasteiger partial charge in [0.1, 0.15) is 5.75 Å². The molecule has 0 saturated heterocycles. The fraction of sp³-hybridized carbons (Fsp3) is 0.727. The molecule has 1 heterocycles. The summed E-state index contributed by atoms with van der Waals surface area (Å²) in [5.74, 6) is 0.405. The second-order valence-corrected chi connectivity index (χ2v) is 8.75. The number of hydrogen-bond donors (Lipinski definition) is 3. The van der Waals surface area contributed by atoms with E-state index in [9.17, 15) is 15.0 Å². The topological polar surface area (TPSA) is 115 Å². The van der Waals surface area contributed by atoms with Gasteiger partial charge in [-0.05, 0) is 50.0 Å². The summed E-state index contributed by atoms with van der Waals surface area (Å²) in [6, 6.07) is 2.49. The van der Waals surface area contributed by atoms with Gasteiger partial charge >= 0.3 is 5.97 Å². The van der Waals surface area contributed by atoms with E-state index in [1.165, 1.54) is 0 Å². The van der Waals surface area contributed by atoms with Gasteiger partial charge in [-0.2, -0.15) is 0 Å². The van der Waals surface area contributed by atoms with E-state index in [1.807, 2.05) is 13.8 Å². The maximum absolute atomic E-state index is 11.8. The van der Waals surface area contributed by atoms with Gasteiger partial charge in [0.15, 0.2) is 5.60 Å². The zero-order chi connectivity index (χ0) is 21.4. The summed E-state index contributed by atoms with van der Waals surface area (Å²) in [5.41, 5.74) is 4.37. The molecule has 1 aromatic rings. The van der Waals surface area contributed by atoms with Crippen molar-refractivity contribution in [2.75, 3.05) is 13.2 Å². The van der Waals surface area contributed by atoms with Crippen LogP contribution in [0.2, 0.25) is 0 Å². The molecule has 164 valence electrons. The van der Waals surface area contributed by atoms with Crippen LogP contribution in [0.25, 0.3) is 0 Å². The number of aliphatic carboxylic acids is 1. The highest BCUT2D eigenvalue weighted by Crippen LogP contribution is 2.28. The molecular weight excluding hydrogens is 372 g/mol. The van der Waals surface area contributed by atoms with Crippen molar-refractivity contribution in [3.63, 3.8) is 0 Å². The average Bonchev–Trinajstić information content (AvgIpc) is 2.66. The molecule has 2 rings (SSSR count). The Hall–Kier alpha value is -1.70. The summed E-state index contributed by atoms with van der Waals surface area (Å²) in [7, 11) is 0. The summed E-state index contributed by atoms with van der Waals surface area (Å²) >= 11 is 0. The lowest BCUT2D eigenvalue weighted by Gasteiger charge is -2.30. The minimum absolute atomic E-state index is 0.167. The maximum atomic E-state index is 11.8. The molecule has 4 N–H and O–H groups in total. The third-order valence-corrected chi connectivity index (χ3v) is 5.51. The number of rotatable bonds is 11. The Morgan fingerprint density at radius 2 is 2.03 bits per heavy atom. The third-order valence-electron chi connectivity index (χ3n) is 5.51. The highest BCUT2D eigenvalue weighted by molar-refractivity contribution is 5.78. The molecule has 2 atom stereocenters. The Labute approximate surface area is 173 Å². The van der Waals surface area contributed by atoms with Crippen LogP contribution in [-0.4, -0.2) is 52.1 Å². The SMILES string of the molecule is CC(C)COCC[C@H](N)[C@](O)(Cc1cc(OC2CCC(C)CC2)ccn1)C(=O)O. The van der Waals surface area contributed by atoms with Gasteiger partial charge in [-0.15, -0.1) is 0 Å². The number of carboxylic acid groups (broad SMARTS) is 1. The first kappa shape index (κ1) is 23.6. The summed E-state index contributed by atoms with van der Waals surface area (Å²) < 4.78 is 11.5. The van der Waals surface area contributed by atoms with Crippen molar-refractivity contribution >= 4 is 5.97 Å². The van der Waals surface area contributed by atoms with Crippen LogP contribution >= 0.6 is 0 Å². The maximum Gasteiger partial charge on any atom is 0.337 e. The van der Waals surface area contributed by atoms with Gasteiger partial charge in [0.2, 0.25) is 0 Å². The molecule has 7 nitrogen and oxygen atoms in total. The molecule has 0 aliphatic heterocycles. The number of aromatic nitrogens is 1. The largest absolute Gasteiger partial charge is 0.490 e. The summed E-state index contributed by atoms with van der Waals surface area (Å²) in [4.78, 5) is 16.0. The van der Waals surface area contributed by atoms with Crippen LogP contribution in [-0.2, 0) is 16.0 Å². The van der Waals surface area contributed by atoms with E-state index >= 15 is 0 Å². The summed E-state index contributed by atoms with van der Waals surface area (Å²) in [6.07, 6.45) is 6.12. The van der Waals surface area contributed by atoms with E-state index in [0.29, 0.717) is 30.6 Å². The smallest absolute Gasteiger partial charge is 0.337 e. The van der Waals surface area contributed by atoms with Gasteiger partial charge in [-0.25, -0.2) is 4.79 Å². The van der Waals surface area contributed by atoms with Crippen LogP contribution in [0.4, 0.5) is 0 Å². The van der Waals surface area contributed by atoms with E-state index in [0.717, 1.165) is 31.6 Å². The summed E-state index contributed by atoms with van der Waals surface area (Å²) in [5, 5.41) is 20.4. The number of pyridine rings is 1. The number of ether oxygens (including phenoxy) is 2. The zero-order valence-electron chi connectivity index (χ0n) is 17.8. The lowest BCUT2D eigenvalue weighted by Crippen LogP contribution is -2.56. The van der Waals surface area contributed by atoms with Crippen molar-refractivity contribution in [3.05, 3.63) is 24.0 Å². The fourth-order valence-corrected chi connectivity index (χ4v) is 3.58. The predicted octanol–water partition coefficient (Wildman–Crippen LogP) is 2.79. The standard InChI is InChI=1S/C22H36N2O5/c1-15(2)14-28-11-9-20(23)22(27,21(25)26)13-17-12-19(8-10-24-17)29-18-6-4-16(3)5-7-18/h8,10,12,15-16,18,20,27H,4-7,9,11,13-14,23H2,1-3H3,(H,25,26)/t16?,18?,20-,22+/m0/s1. The number of aliphatic hydroxyl groups is 1. The number of hydrogen-bond acceptors (Lipinski definition) is 6. The Morgan fingerprint density at radius 3 is 2.66 bits per heavy atom. The number of carboxylic acids is 1. The van der Waals surface area contributed by atoms with Crippen molar-refractivity contribution < 1.29 is 24.5 Å². The molecule has 1 fully saturated rings. The molecule has 1 aromatic heterocycles. The van der Waals surface area contributed by atoms with E-state index in [2.05, 4.69) is 11.9 Å². The van der Waals surface area contributed by atoms with Gasteiger partial charge in [0.25, 0.3) is 0 Å². The first-order valence-corrected chi connectivity index (χ1v) is 10.6. The highest BCUT2D eigenvalue weighted by Gasteiger charge is 2.42. The Morgan fingerprint density at radius 1 is 1.34 bits per heavy atom. The van der Waals surface area contributed by atoms with Crippen molar-refractivity contribution in [1.29, 1.82) is 0 Å². The molecule has 1 saturated carbocycles. The van der Waals surface area contributed by atoms with Gasteiger partial charge in [-0.3, -0.25) is 4.98 Å². The molecular formula is C22H36N2O5. The van der Waals surface area contributed by atoms with Gasteiger partial charge < -0.3 is 25.4 Å². The minimum Gasteiger partial charge on any atom is -0.490 e. The quantitative estimate of drug-likeness (QED) is 0.482. The monoisotopic (exact) mass is 408 g/mol. The van der Waals surface area contributed by atoms with Crippen molar-refractivity contribution in [1.82, 2.24) is 4.98 Å². The highest BCUT2D eigenvalue weighted by atomic mass is 16.5. The molecule has 29 heavy (non-hydrogen) atoms. The number of carbonyl (C=O) groups is 1. The lowest BCUT2D eigenvalue weighted by molar-refractivity contribution is -0.161. The first-order chi connectivity index (χ1) is 13.7. The van der Waals surface area contributed by atoms with Gasteiger partial charge in [0, 0.05) is 43.6 Å². The molecule has 0 radical (unpaired) electrons. The van der Waals surface area contributed by atoms with Crippen LogP contribution in [0.5, 0.6) is 5.75 Å². The van der Waals surface area contributed by atoms with Crippen LogP contribution in [0, 0.1) is 11.8 Å². The van der Waals surface area contributed by atoms with Crippen LogP contribution < -0.4 is 10.5 Å². The Bertz CT molecular complexity index is 646. The predicted molar refractivity (Wildman–Crippen MR) is 111 cm³/mol. The molecule has 0 amide bonds. The molecule has 1 aliphatic rings. The Balaban J connectivity index is 1.99. The van der Waals surface area contributed by atoms with Crippen LogP contribution in [0.1, 0.15) is 58.6 Å². The molecule has 0 spiro atoms. The van der Waals surface area contributed by atoms with Crippen molar-refractivity contribution in [2.45, 2.75) is 77.0 Å². The van der Waals surface area contributed by atoms with Crippen molar-refractivity contribution in [2.24, 2.45) is 17.6 Å². The van der Waals surface area contributed by atoms with Crippen LogP contribution in [0.3, 0.4) is 0 Å². The van der Waals surface area contributed by atoms with E-state index in [1.54, 1.807) is 18.3 Å². The van der Waals surface area contributed by atoms with Gasteiger partial charge in [-0.1, -0.05) is 20.8 Å². The second kappa shape index (κ2) is 10.9. The second-order valence-electron chi connectivity index (χ2n) is 8.75. The normalized spacial score (nSPS) is 22.8. The van der Waals surface area contributed by atoms with E-state index in [4.69, 9.17) is 15.2 Å². The molecule has 1 aliphatic carbocycles. The van der Waals surface area contributed by atoms with Crippen molar-refractivity contribution in [3.8, 4) is 5.75 Å². The zero-order valence-corrected chi connectivity index (χ0v) is 17.8. The van der Waals surface area contributed by atoms with E-state index < -0.39 is 17.6 Å². The average molecular weight is 409 g/mol. The van der Waals surface area contributed by atoms with E-state index in [-0.39, 0.29) is 18.9 Å². The Kier molecular flexibility index (Phi) is 8.86. The fourth-order valence-electron chi connectivity index (χ4n) is 3.58. The van der Waals surface area contributed by atoms with Gasteiger partial charge in [0.05, 0.1) is 6.10 Å². The molecule has 0 aromatic carbocycles. The lowest BCUT2D eigenvalue weighted by atomic mass is 9.87.